The fourth-order valence-electron chi connectivity index (χ4n) is 1.57. The molecule has 92 valence electrons. The smallest absolute Gasteiger partial charge is 0.231 e. The second kappa shape index (κ2) is 5.05. The maximum Gasteiger partial charge on any atom is 0.231 e. The van der Waals surface area contributed by atoms with Crippen LogP contribution in [0.2, 0.25) is 0 Å². The highest BCUT2D eigenvalue weighted by molar-refractivity contribution is 5.78. The van der Waals surface area contributed by atoms with E-state index in [4.69, 9.17) is 15.2 Å². The van der Waals surface area contributed by atoms with E-state index in [1.54, 1.807) is 0 Å². The van der Waals surface area contributed by atoms with Crippen molar-refractivity contribution in [2.75, 3.05) is 13.3 Å². The second-order valence-corrected chi connectivity index (χ2v) is 4.15. The molecule has 5 nitrogen and oxygen atoms in total. The highest BCUT2D eigenvalue weighted by Crippen LogP contribution is 2.32. The van der Waals surface area contributed by atoms with Crippen LogP contribution in [0.3, 0.4) is 0 Å². The Hall–Kier alpha value is -1.75. The van der Waals surface area contributed by atoms with E-state index in [9.17, 15) is 4.79 Å². The molecule has 5 heteroatoms. The Labute approximate surface area is 99.9 Å². The van der Waals surface area contributed by atoms with Crippen molar-refractivity contribution in [3.05, 3.63) is 23.8 Å². The molecule has 1 amide bonds. The summed E-state index contributed by atoms with van der Waals surface area (Å²) >= 11 is 0. The molecule has 0 aliphatic carbocycles. The molecule has 1 atom stereocenters. The van der Waals surface area contributed by atoms with Crippen molar-refractivity contribution in [3.8, 4) is 11.5 Å². The average molecular weight is 236 g/mol. The van der Waals surface area contributed by atoms with E-state index in [0.29, 0.717) is 18.7 Å². The summed E-state index contributed by atoms with van der Waals surface area (Å²) in [5, 5.41) is 2.76. The summed E-state index contributed by atoms with van der Waals surface area (Å²) in [6.45, 7) is 2.58. The maximum atomic E-state index is 11.6. The van der Waals surface area contributed by atoms with Crippen molar-refractivity contribution in [2.24, 2.45) is 5.73 Å². The topological polar surface area (TPSA) is 73.6 Å². The molecule has 1 aliphatic rings. The summed E-state index contributed by atoms with van der Waals surface area (Å²) in [5.74, 6) is 1.38. The summed E-state index contributed by atoms with van der Waals surface area (Å²) in [7, 11) is 0. The van der Waals surface area contributed by atoms with Gasteiger partial charge in [-0.3, -0.25) is 4.79 Å². The number of hydrogen-bond acceptors (Lipinski definition) is 4. The maximum absolute atomic E-state index is 11.6. The molecule has 1 aromatic carbocycles. The fraction of sp³-hybridized carbons (Fsp3) is 0.417. The quantitative estimate of drug-likeness (QED) is 0.794. The standard InChI is InChI=1S/C12H16N2O3/c1-8(13)6-14-12(15)5-9-2-3-10-11(4-9)17-7-16-10/h2-4,8H,5-7,13H2,1H3,(H,14,15). The van der Waals surface area contributed by atoms with E-state index in [1.165, 1.54) is 0 Å². The van der Waals surface area contributed by atoms with Crippen molar-refractivity contribution in [3.63, 3.8) is 0 Å². The van der Waals surface area contributed by atoms with Gasteiger partial charge in [-0.25, -0.2) is 0 Å². The number of fused-ring (bicyclic) bond motifs is 1. The molecule has 17 heavy (non-hydrogen) atoms. The van der Waals surface area contributed by atoms with Crippen LogP contribution in [0.5, 0.6) is 11.5 Å². The summed E-state index contributed by atoms with van der Waals surface area (Å²) in [6, 6.07) is 5.47. The van der Waals surface area contributed by atoms with Gasteiger partial charge in [0.1, 0.15) is 0 Å². The number of rotatable bonds is 4. The van der Waals surface area contributed by atoms with E-state index < -0.39 is 0 Å². The van der Waals surface area contributed by atoms with Crippen molar-refractivity contribution < 1.29 is 14.3 Å². The molecule has 0 spiro atoms. The van der Waals surface area contributed by atoms with Crippen LogP contribution >= 0.6 is 0 Å². The summed E-state index contributed by atoms with van der Waals surface area (Å²) < 4.78 is 10.4. The van der Waals surface area contributed by atoms with Crippen LogP contribution < -0.4 is 20.5 Å². The van der Waals surface area contributed by atoms with Gasteiger partial charge in [0.15, 0.2) is 11.5 Å². The van der Waals surface area contributed by atoms with Crippen LogP contribution in [0.1, 0.15) is 12.5 Å². The Balaban J connectivity index is 1.92. The van der Waals surface area contributed by atoms with Crippen LogP contribution in [0.25, 0.3) is 0 Å². The van der Waals surface area contributed by atoms with Gasteiger partial charge in [-0.1, -0.05) is 6.07 Å². The average Bonchev–Trinajstić information content (AvgIpc) is 2.73. The number of benzene rings is 1. The molecule has 2 rings (SSSR count). The van der Waals surface area contributed by atoms with Gasteiger partial charge in [0.05, 0.1) is 6.42 Å². The lowest BCUT2D eigenvalue weighted by molar-refractivity contribution is -0.120. The number of carbonyl (C=O) groups excluding carboxylic acids is 1. The van der Waals surface area contributed by atoms with Gasteiger partial charge in [0, 0.05) is 12.6 Å². The van der Waals surface area contributed by atoms with Crippen molar-refractivity contribution in [1.29, 1.82) is 0 Å². The Morgan fingerprint density at radius 1 is 1.47 bits per heavy atom. The number of nitrogens with two attached hydrogens (primary N) is 1. The lowest BCUT2D eigenvalue weighted by atomic mass is 10.1. The van der Waals surface area contributed by atoms with Gasteiger partial charge >= 0.3 is 0 Å². The molecular formula is C12H16N2O3. The van der Waals surface area contributed by atoms with Gasteiger partial charge in [-0.15, -0.1) is 0 Å². The molecule has 3 N–H and O–H groups in total. The first-order chi connectivity index (χ1) is 8.15. The van der Waals surface area contributed by atoms with Crippen molar-refractivity contribution >= 4 is 5.91 Å². The Bertz CT molecular complexity index is 418. The number of carbonyl (C=O) groups is 1. The molecule has 1 unspecified atom stereocenters. The molecular weight excluding hydrogens is 220 g/mol. The van der Waals surface area contributed by atoms with Gasteiger partial charge in [-0.2, -0.15) is 0 Å². The van der Waals surface area contributed by atoms with Crippen LogP contribution in [0.15, 0.2) is 18.2 Å². The van der Waals surface area contributed by atoms with Gasteiger partial charge in [-0.05, 0) is 24.6 Å². The molecule has 0 aromatic heterocycles. The zero-order valence-electron chi connectivity index (χ0n) is 9.73. The van der Waals surface area contributed by atoms with E-state index in [0.717, 1.165) is 11.3 Å². The number of nitrogens with one attached hydrogen (secondary N) is 1. The van der Waals surface area contributed by atoms with E-state index in [-0.39, 0.29) is 18.7 Å². The van der Waals surface area contributed by atoms with Crippen molar-refractivity contribution in [2.45, 2.75) is 19.4 Å². The molecule has 0 radical (unpaired) electrons. The SMILES string of the molecule is CC(N)CNC(=O)Cc1ccc2c(c1)OCO2. The van der Waals surface area contributed by atoms with Crippen LogP contribution in [-0.2, 0) is 11.2 Å². The first-order valence-corrected chi connectivity index (χ1v) is 5.56. The lowest BCUT2D eigenvalue weighted by Crippen LogP contribution is -2.35. The van der Waals surface area contributed by atoms with E-state index in [1.807, 2.05) is 25.1 Å². The summed E-state index contributed by atoms with van der Waals surface area (Å²) in [6.07, 6.45) is 0.323. The zero-order valence-corrected chi connectivity index (χ0v) is 9.73. The first-order valence-electron chi connectivity index (χ1n) is 5.56. The zero-order chi connectivity index (χ0) is 12.3. The molecule has 0 saturated carbocycles. The van der Waals surface area contributed by atoms with Gasteiger partial charge < -0.3 is 20.5 Å². The molecule has 1 aliphatic heterocycles. The monoisotopic (exact) mass is 236 g/mol. The minimum Gasteiger partial charge on any atom is -0.454 e. The Morgan fingerprint density at radius 2 is 2.24 bits per heavy atom. The summed E-state index contributed by atoms with van der Waals surface area (Å²) in [5.41, 5.74) is 6.46. The molecule has 0 saturated heterocycles. The molecule has 0 fully saturated rings. The third-order valence-corrected chi connectivity index (χ3v) is 2.42. The summed E-state index contributed by atoms with van der Waals surface area (Å²) in [4.78, 5) is 11.6. The van der Waals surface area contributed by atoms with Crippen LogP contribution in [-0.4, -0.2) is 25.3 Å². The van der Waals surface area contributed by atoms with E-state index >= 15 is 0 Å². The third-order valence-electron chi connectivity index (χ3n) is 2.42. The molecule has 1 heterocycles. The van der Waals surface area contributed by atoms with E-state index in [2.05, 4.69) is 5.32 Å². The van der Waals surface area contributed by atoms with Crippen LogP contribution in [0, 0.1) is 0 Å². The van der Waals surface area contributed by atoms with Crippen LogP contribution in [0.4, 0.5) is 0 Å². The predicted molar refractivity (Wildman–Crippen MR) is 62.9 cm³/mol. The predicted octanol–water partition coefficient (Wildman–Crippen LogP) is 0.421. The highest BCUT2D eigenvalue weighted by Gasteiger charge is 2.14. The molecule has 0 bridgehead atoms. The number of amides is 1. The van der Waals surface area contributed by atoms with Gasteiger partial charge in [0.2, 0.25) is 12.7 Å². The lowest BCUT2D eigenvalue weighted by Gasteiger charge is -2.08. The van der Waals surface area contributed by atoms with Crippen molar-refractivity contribution in [1.82, 2.24) is 5.32 Å². The minimum atomic E-state index is -0.0406. The Morgan fingerprint density at radius 3 is 3.00 bits per heavy atom. The molecule has 1 aromatic rings. The number of hydrogen-bond donors (Lipinski definition) is 2. The number of ether oxygens (including phenoxy) is 2. The largest absolute Gasteiger partial charge is 0.454 e. The second-order valence-electron chi connectivity index (χ2n) is 4.15. The van der Waals surface area contributed by atoms with Gasteiger partial charge in [0.25, 0.3) is 0 Å². The fourth-order valence-corrected chi connectivity index (χ4v) is 1.57. The normalized spacial score (nSPS) is 14.5. The Kier molecular flexibility index (Phi) is 3.49. The minimum absolute atomic E-state index is 0.0318. The highest BCUT2D eigenvalue weighted by atomic mass is 16.7. The third kappa shape index (κ3) is 3.10. The first kappa shape index (κ1) is 11.7.